The normalized spacial score (nSPS) is 13.6. The fourth-order valence-electron chi connectivity index (χ4n) is 1.48. The van der Waals surface area contributed by atoms with E-state index in [0.29, 0.717) is 21.8 Å². The SMILES string of the molecule is NC(c1cc(Br)cc(Br)c1)c1cnc(C(F)(F)F)s1. The second-order valence-corrected chi connectivity index (χ2v) is 6.64. The van der Waals surface area contributed by atoms with Crippen LogP contribution in [0, 0.1) is 0 Å². The van der Waals surface area contributed by atoms with Crippen LogP contribution < -0.4 is 5.73 Å². The summed E-state index contributed by atoms with van der Waals surface area (Å²) >= 11 is 7.19. The molecule has 8 heteroatoms. The van der Waals surface area contributed by atoms with Crippen molar-refractivity contribution in [3.63, 3.8) is 0 Å². The molecule has 0 aliphatic heterocycles. The first-order valence-corrected chi connectivity index (χ1v) is 7.42. The van der Waals surface area contributed by atoms with E-state index in [2.05, 4.69) is 36.8 Å². The molecule has 0 spiro atoms. The molecule has 2 N–H and O–H groups in total. The van der Waals surface area contributed by atoms with Crippen LogP contribution in [-0.2, 0) is 6.18 Å². The molecule has 0 bridgehead atoms. The molecule has 0 radical (unpaired) electrons. The standard InChI is InChI=1S/C11H7Br2F3N2S/c12-6-1-5(2-7(13)3-6)9(17)8-4-18-10(19-8)11(14,15)16/h1-4,9H,17H2. The predicted molar refractivity (Wildman–Crippen MR) is 75.0 cm³/mol. The summed E-state index contributed by atoms with van der Waals surface area (Å²) in [7, 11) is 0. The van der Waals surface area contributed by atoms with Gasteiger partial charge < -0.3 is 5.73 Å². The first-order valence-electron chi connectivity index (χ1n) is 5.02. The fraction of sp³-hybridized carbons (Fsp3) is 0.182. The summed E-state index contributed by atoms with van der Waals surface area (Å²) < 4.78 is 39.1. The Balaban J connectivity index is 2.33. The molecule has 1 aromatic heterocycles. The Morgan fingerprint density at radius 3 is 2.21 bits per heavy atom. The van der Waals surface area contributed by atoms with Crippen LogP contribution in [0.15, 0.2) is 33.3 Å². The molecule has 0 saturated heterocycles. The predicted octanol–water partition coefficient (Wildman–Crippen LogP) is 4.74. The maximum atomic E-state index is 12.5. The van der Waals surface area contributed by atoms with Crippen molar-refractivity contribution in [1.29, 1.82) is 0 Å². The van der Waals surface area contributed by atoms with E-state index in [-0.39, 0.29) is 0 Å². The van der Waals surface area contributed by atoms with Crippen LogP contribution in [0.2, 0.25) is 0 Å². The van der Waals surface area contributed by atoms with E-state index in [0.717, 1.165) is 8.95 Å². The summed E-state index contributed by atoms with van der Waals surface area (Å²) in [6.45, 7) is 0. The number of nitrogens with two attached hydrogens (primary N) is 1. The molecule has 0 amide bonds. The summed E-state index contributed by atoms with van der Waals surface area (Å²) in [6, 6.07) is 4.72. The van der Waals surface area contributed by atoms with Crippen molar-refractivity contribution in [1.82, 2.24) is 4.98 Å². The minimum Gasteiger partial charge on any atom is -0.320 e. The highest BCUT2D eigenvalue weighted by Crippen LogP contribution is 2.36. The Labute approximate surface area is 128 Å². The van der Waals surface area contributed by atoms with Crippen LogP contribution in [-0.4, -0.2) is 4.98 Å². The van der Waals surface area contributed by atoms with Crippen molar-refractivity contribution in [3.05, 3.63) is 48.8 Å². The second-order valence-electron chi connectivity index (χ2n) is 3.75. The van der Waals surface area contributed by atoms with Gasteiger partial charge in [0.1, 0.15) is 0 Å². The Bertz CT molecular complexity index is 578. The van der Waals surface area contributed by atoms with Gasteiger partial charge in [-0.3, -0.25) is 0 Å². The molecule has 1 atom stereocenters. The molecule has 2 rings (SSSR count). The first-order chi connectivity index (χ1) is 8.77. The summed E-state index contributed by atoms with van der Waals surface area (Å²) in [6.07, 6.45) is -3.26. The topological polar surface area (TPSA) is 38.9 Å². The molecule has 2 nitrogen and oxygen atoms in total. The fourth-order valence-corrected chi connectivity index (χ4v) is 3.62. The number of hydrogen-bond donors (Lipinski definition) is 1. The van der Waals surface area contributed by atoms with Crippen LogP contribution in [0.3, 0.4) is 0 Å². The molecule has 1 unspecified atom stereocenters. The van der Waals surface area contributed by atoms with Gasteiger partial charge in [-0.25, -0.2) is 4.98 Å². The Morgan fingerprint density at radius 1 is 1.16 bits per heavy atom. The molecular formula is C11H7Br2F3N2S. The van der Waals surface area contributed by atoms with E-state index in [1.807, 2.05) is 6.07 Å². The summed E-state index contributed by atoms with van der Waals surface area (Å²) in [4.78, 5) is 3.74. The van der Waals surface area contributed by atoms with Crippen molar-refractivity contribution in [3.8, 4) is 0 Å². The van der Waals surface area contributed by atoms with E-state index in [4.69, 9.17) is 5.73 Å². The average Bonchev–Trinajstić information content (AvgIpc) is 2.75. The average molecular weight is 416 g/mol. The summed E-state index contributed by atoms with van der Waals surface area (Å²) in [5.74, 6) is 0. The third-order valence-electron chi connectivity index (χ3n) is 2.32. The zero-order chi connectivity index (χ0) is 14.2. The summed E-state index contributed by atoms with van der Waals surface area (Å²) in [5.41, 5.74) is 6.68. The van der Waals surface area contributed by atoms with Gasteiger partial charge in [0.15, 0.2) is 5.01 Å². The van der Waals surface area contributed by atoms with Crippen LogP contribution in [0.1, 0.15) is 21.5 Å². The van der Waals surface area contributed by atoms with Crippen molar-refractivity contribution in [2.75, 3.05) is 0 Å². The molecule has 2 aromatic rings. The van der Waals surface area contributed by atoms with Crippen LogP contribution in [0.25, 0.3) is 0 Å². The van der Waals surface area contributed by atoms with Crippen molar-refractivity contribution in [2.24, 2.45) is 5.73 Å². The third-order valence-corrected chi connectivity index (χ3v) is 4.36. The lowest BCUT2D eigenvalue weighted by molar-refractivity contribution is -0.137. The number of thiazole rings is 1. The van der Waals surface area contributed by atoms with Gasteiger partial charge in [-0.05, 0) is 23.8 Å². The lowest BCUT2D eigenvalue weighted by atomic mass is 10.1. The maximum absolute atomic E-state index is 12.5. The van der Waals surface area contributed by atoms with Gasteiger partial charge in [-0.1, -0.05) is 31.9 Å². The number of alkyl halides is 3. The first kappa shape index (κ1) is 15.0. The highest BCUT2D eigenvalue weighted by Gasteiger charge is 2.35. The summed E-state index contributed by atoms with van der Waals surface area (Å²) in [5, 5.41) is -0.882. The van der Waals surface area contributed by atoms with Crippen LogP contribution in [0.5, 0.6) is 0 Å². The van der Waals surface area contributed by atoms with E-state index < -0.39 is 17.2 Å². The zero-order valence-corrected chi connectivity index (χ0v) is 13.2. The van der Waals surface area contributed by atoms with Gasteiger partial charge in [0.2, 0.25) is 0 Å². The molecule has 0 fully saturated rings. The second kappa shape index (κ2) is 5.51. The largest absolute Gasteiger partial charge is 0.443 e. The van der Waals surface area contributed by atoms with Gasteiger partial charge in [0, 0.05) is 20.0 Å². The monoisotopic (exact) mass is 414 g/mol. The van der Waals surface area contributed by atoms with Crippen molar-refractivity contribution < 1.29 is 13.2 Å². The number of aromatic nitrogens is 1. The molecule has 0 aliphatic carbocycles. The molecular weight excluding hydrogens is 409 g/mol. The van der Waals surface area contributed by atoms with E-state index in [1.165, 1.54) is 6.20 Å². The molecule has 19 heavy (non-hydrogen) atoms. The Morgan fingerprint density at radius 2 is 1.74 bits per heavy atom. The third kappa shape index (κ3) is 3.56. The molecule has 102 valence electrons. The Kier molecular flexibility index (Phi) is 4.34. The molecule has 0 saturated carbocycles. The van der Waals surface area contributed by atoms with Crippen LogP contribution >= 0.6 is 43.2 Å². The quantitative estimate of drug-likeness (QED) is 0.769. The highest BCUT2D eigenvalue weighted by molar-refractivity contribution is 9.11. The number of halogens is 5. The van der Waals surface area contributed by atoms with Crippen molar-refractivity contribution in [2.45, 2.75) is 12.2 Å². The van der Waals surface area contributed by atoms with Crippen LogP contribution in [0.4, 0.5) is 13.2 Å². The highest BCUT2D eigenvalue weighted by atomic mass is 79.9. The van der Waals surface area contributed by atoms with Gasteiger partial charge in [0.05, 0.1) is 6.04 Å². The smallest absolute Gasteiger partial charge is 0.320 e. The lowest BCUT2D eigenvalue weighted by Gasteiger charge is -2.10. The number of benzene rings is 1. The van der Waals surface area contributed by atoms with Gasteiger partial charge in [0.25, 0.3) is 0 Å². The van der Waals surface area contributed by atoms with Gasteiger partial charge in [-0.2, -0.15) is 13.2 Å². The number of nitrogens with zero attached hydrogens (tertiary/aromatic N) is 1. The minimum atomic E-state index is -4.43. The zero-order valence-electron chi connectivity index (χ0n) is 9.21. The Hall–Kier alpha value is -0.440. The minimum absolute atomic E-state index is 0.373. The molecule has 1 heterocycles. The lowest BCUT2D eigenvalue weighted by Crippen LogP contribution is -2.10. The van der Waals surface area contributed by atoms with E-state index in [9.17, 15) is 13.2 Å². The van der Waals surface area contributed by atoms with E-state index >= 15 is 0 Å². The van der Waals surface area contributed by atoms with Crippen molar-refractivity contribution >= 4 is 43.2 Å². The number of rotatable bonds is 2. The number of hydrogen-bond acceptors (Lipinski definition) is 3. The molecule has 0 aliphatic rings. The van der Waals surface area contributed by atoms with Gasteiger partial charge >= 0.3 is 6.18 Å². The molecule has 1 aromatic carbocycles. The maximum Gasteiger partial charge on any atom is 0.443 e. The van der Waals surface area contributed by atoms with E-state index in [1.54, 1.807) is 12.1 Å². The van der Waals surface area contributed by atoms with Gasteiger partial charge in [-0.15, -0.1) is 11.3 Å².